The van der Waals surface area contributed by atoms with Gasteiger partial charge in [-0.3, -0.25) is 0 Å². The molecule has 2 nitrogen and oxygen atoms in total. The minimum absolute atomic E-state index is 0.197. The van der Waals surface area contributed by atoms with Crippen LogP contribution in [0.15, 0.2) is 0 Å². The van der Waals surface area contributed by atoms with E-state index in [2.05, 4.69) is 5.92 Å². The molecule has 1 rings (SSSR count). The fourth-order valence-corrected chi connectivity index (χ4v) is 1.43. The van der Waals surface area contributed by atoms with Crippen molar-refractivity contribution in [2.24, 2.45) is 5.73 Å². The molecule has 0 saturated heterocycles. The highest BCUT2D eigenvalue weighted by atomic mass is 16.3. The number of nitrogens with two attached hydrogens (primary N) is 1. The maximum atomic E-state index is 9.54. The fourth-order valence-electron chi connectivity index (χ4n) is 1.43. The zero-order valence-corrected chi connectivity index (χ0v) is 6.01. The summed E-state index contributed by atoms with van der Waals surface area (Å²) in [6, 6.07) is 0.197. The van der Waals surface area contributed by atoms with Gasteiger partial charge in [0.15, 0.2) is 0 Å². The molecule has 1 aliphatic rings. The molecule has 0 radical (unpaired) electrons. The SMILES string of the molecule is C#CCCC1(O)CC(N)C1. The Kier molecular flexibility index (Phi) is 1.98. The van der Waals surface area contributed by atoms with E-state index < -0.39 is 5.60 Å². The van der Waals surface area contributed by atoms with E-state index in [0.29, 0.717) is 25.7 Å². The normalized spacial score (nSPS) is 38.3. The molecule has 1 aliphatic carbocycles. The lowest BCUT2D eigenvalue weighted by atomic mass is 9.73. The lowest BCUT2D eigenvalue weighted by Crippen LogP contribution is -2.51. The maximum absolute atomic E-state index is 9.54. The summed E-state index contributed by atoms with van der Waals surface area (Å²) in [6.45, 7) is 0. The Labute approximate surface area is 61.4 Å². The van der Waals surface area contributed by atoms with Crippen molar-refractivity contribution in [2.45, 2.75) is 37.3 Å². The van der Waals surface area contributed by atoms with E-state index >= 15 is 0 Å². The van der Waals surface area contributed by atoms with E-state index in [9.17, 15) is 5.11 Å². The van der Waals surface area contributed by atoms with Crippen molar-refractivity contribution in [3.63, 3.8) is 0 Å². The monoisotopic (exact) mass is 139 g/mol. The van der Waals surface area contributed by atoms with Crippen LogP contribution in [0.2, 0.25) is 0 Å². The molecule has 0 bridgehead atoms. The van der Waals surface area contributed by atoms with Crippen LogP contribution in [0, 0.1) is 12.3 Å². The lowest BCUT2D eigenvalue weighted by Gasteiger charge is -2.41. The van der Waals surface area contributed by atoms with Crippen LogP contribution in [0.3, 0.4) is 0 Å². The Morgan fingerprint density at radius 1 is 1.70 bits per heavy atom. The Morgan fingerprint density at radius 3 is 2.70 bits per heavy atom. The molecule has 3 N–H and O–H groups in total. The molecule has 0 aromatic rings. The molecule has 1 fully saturated rings. The Balaban J connectivity index is 2.22. The molecule has 10 heavy (non-hydrogen) atoms. The van der Waals surface area contributed by atoms with Gasteiger partial charge in [-0.1, -0.05) is 0 Å². The lowest BCUT2D eigenvalue weighted by molar-refractivity contribution is -0.0517. The van der Waals surface area contributed by atoms with Crippen LogP contribution in [0.4, 0.5) is 0 Å². The topological polar surface area (TPSA) is 46.2 Å². The first-order valence-electron chi connectivity index (χ1n) is 3.58. The second-order valence-corrected chi connectivity index (χ2v) is 3.10. The smallest absolute Gasteiger partial charge is 0.0686 e. The molecule has 0 aromatic carbocycles. The molecule has 2 heteroatoms. The molecule has 0 atom stereocenters. The third-order valence-electron chi connectivity index (χ3n) is 2.02. The molecule has 1 saturated carbocycles. The molecule has 0 heterocycles. The van der Waals surface area contributed by atoms with Crippen molar-refractivity contribution in [2.75, 3.05) is 0 Å². The van der Waals surface area contributed by atoms with Crippen LogP contribution < -0.4 is 5.73 Å². The number of hydrogen-bond donors (Lipinski definition) is 2. The van der Waals surface area contributed by atoms with Crippen molar-refractivity contribution < 1.29 is 5.11 Å². The van der Waals surface area contributed by atoms with Crippen LogP contribution in [0.5, 0.6) is 0 Å². The van der Waals surface area contributed by atoms with Gasteiger partial charge in [0.05, 0.1) is 5.60 Å². The summed E-state index contributed by atoms with van der Waals surface area (Å²) < 4.78 is 0. The van der Waals surface area contributed by atoms with Crippen LogP contribution in [-0.4, -0.2) is 16.7 Å². The summed E-state index contributed by atoms with van der Waals surface area (Å²) in [7, 11) is 0. The first-order valence-corrected chi connectivity index (χ1v) is 3.58. The summed E-state index contributed by atoms with van der Waals surface area (Å²) in [6.07, 6.45) is 7.85. The standard InChI is InChI=1S/C8H13NO/c1-2-3-4-8(10)5-7(9)6-8/h1,7,10H,3-6,9H2. The Bertz CT molecular complexity index is 153. The predicted octanol–water partition coefficient (Wildman–Crippen LogP) is 0.252. The second-order valence-electron chi connectivity index (χ2n) is 3.10. The van der Waals surface area contributed by atoms with E-state index in [-0.39, 0.29) is 6.04 Å². The maximum Gasteiger partial charge on any atom is 0.0686 e. The van der Waals surface area contributed by atoms with Gasteiger partial charge in [0.25, 0.3) is 0 Å². The molecule has 0 aliphatic heterocycles. The molecule has 0 amide bonds. The van der Waals surface area contributed by atoms with E-state index in [1.165, 1.54) is 0 Å². The van der Waals surface area contributed by atoms with Gasteiger partial charge >= 0.3 is 0 Å². The minimum Gasteiger partial charge on any atom is -0.390 e. The number of hydrogen-bond acceptors (Lipinski definition) is 2. The molecule has 0 spiro atoms. The number of aliphatic hydroxyl groups is 1. The molecular weight excluding hydrogens is 126 g/mol. The van der Waals surface area contributed by atoms with Gasteiger partial charge < -0.3 is 10.8 Å². The fraction of sp³-hybridized carbons (Fsp3) is 0.750. The number of rotatable bonds is 2. The van der Waals surface area contributed by atoms with Crippen molar-refractivity contribution in [3.05, 3.63) is 0 Å². The van der Waals surface area contributed by atoms with Gasteiger partial charge in [0, 0.05) is 12.5 Å². The zero-order chi connectivity index (χ0) is 7.61. The van der Waals surface area contributed by atoms with Crippen LogP contribution in [0.25, 0.3) is 0 Å². The van der Waals surface area contributed by atoms with Crippen molar-refractivity contribution >= 4 is 0 Å². The van der Waals surface area contributed by atoms with E-state index in [0.717, 1.165) is 0 Å². The minimum atomic E-state index is -0.522. The van der Waals surface area contributed by atoms with Crippen molar-refractivity contribution in [1.82, 2.24) is 0 Å². The molecule has 0 unspecified atom stereocenters. The van der Waals surface area contributed by atoms with Gasteiger partial charge in [-0.15, -0.1) is 12.3 Å². The Morgan fingerprint density at radius 2 is 2.30 bits per heavy atom. The van der Waals surface area contributed by atoms with E-state index in [1.807, 2.05) is 0 Å². The third-order valence-corrected chi connectivity index (χ3v) is 2.02. The highest BCUT2D eigenvalue weighted by molar-refractivity contribution is 4.99. The number of terminal acetylenes is 1. The average molecular weight is 139 g/mol. The van der Waals surface area contributed by atoms with Crippen LogP contribution >= 0.6 is 0 Å². The summed E-state index contributed by atoms with van der Waals surface area (Å²) >= 11 is 0. The van der Waals surface area contributed by atoms with Crippen LogP contribution in [-0.2, 0) is 0 Å². The highest BCUT2D eigenvalue weighted by Crippen LogP contribution is 2.34. The van der Waals surface area contributed by atoms with Gasteiger partial charge in [-0.25, -0.2) is 0 Å². The first kappa shape index (κ1) is 7.59. The van der Waals surface area contributed by atoms with Crippen LogP contribution in [0.1, 0.15) is 25.7 Å². The van der Waals surface area contributed by atoms with E-state index in [1.54, 1.807) is 0 Å². The first-order chi connectivity index (χ1) is 4.66. The van der Waals surface area contributed by atoms with Gasteiger partial charge in [0.1, 0.15) is 0 Å². The van der Waals surface area contributed by atoms with Crippen molar-refractivity contribution in [1.29, 1.82) is 0 Å². The quantitative estimate of drug-likeness (QED) is 0.539. The zero-order valence-electron chi connectivity index (χ0n) is 6.01. The van der Waals surface area contributed by atoms with Crippen molar-refractivity contribution in [3.8, 4) is 12.3 Å². The summed E-state index contributed by atoms with van der Waals surface area (Å²) in [4.78, 5) is 0. The molecule has 0 aromatic heterocycles. The highest BCUT2D eigenvalue weighted by Gasteiger charge is 2.39. The predicted molar refractivity (Wildman–Crippen MR) is 40.2 cm³/mol. The van der Waals surface area contributed by atoms with Gasteiger partial charge in [0.2, 0.25) is 0 Å². The summed E-state index contributed by atoms with van der Waals surface area (Å²) in [5.74, 6) is 2.51. The average Bonchev–Trinajstić information content (AvgIpc) is 1.81. The molecule has 56 valence electrons. The van der Waals surface area contributed by atoms with E-state index in [4.69, 9.17) is 12.2 Å². The summed E-state index contributed by atoms with van der Waals surface area (Å²) in [5, 5.41) is 9.54. The molecular formula is C8H13NO. The third kappa shape index (κ3) is 1.50. The summed E-state index contributed by atoms with van der Waals surface area (Å²) in [5.41, 5.74) is 4.99. The van der Waals surface area contributed by atoms with Gasteiger partial charge in [-0.05, 0) is 19.3 Å². The van der Waals surface area contributed by atoms with Gasteiger partial charge in [-0.2, -0.15) is 0 Å². The largest absolute Gasteiger partial charge is 0.390 e. The Hall–Kier alpha value is -0.520. The second kappa shape index (κ2) is 2.61.